The van der Waals surface area contributed by atoms with Crippen molar-refractivity contribution < 1.29 is 28.7 Å². The van der Waals surface area contributed by atoms with Gasteiger partial charge in [0.2, 0.25) is 5.91 Å². The summed E-state index contributed by atoms with van der Waals surface area (Å²) in [6.45, 7) is 5.65. The van der Waals surface area contributed by atoms with E-state index in [1.807, 2.05) is 61.5 Å². The summed E-state index contributed by atoms with van der Waals surface area (Å²) in [5, 5.41) is 3.85. The number of nitrogens with zero attached hydrogens (tertiary/aromatic N) is 1. The number of thiazole rings is 1. The van der Waals surface area contributed by atoms with E-state index in [1.54, 1.807) is 27.2 Å². The van der Waals surface area contributed by atoms with Crippen LogP contribution in [0, 0.1) is 18.8 Å². The maximum atomic E-state index is 13.8. The number of ether oxygens (including phenoxy) is 2. The number of hydrogen-bond donors (Lipinski definition) is 1. The van der Waals surface area contributed by atoms with Crippen LogP contribution in [0.5, 0.6) is 5.75 Å². The zero-order chi connectivity index (χ0) is 30.3. The molecule has 3 aromatic rings. The molecule has 222 valence electrons. The Morgan fingerprint density at radius 1 is 1.02 bits per heavy atom. The second kappa shape index (κ2) is 14.0. The summed E-state index contributed by atoms with van der Waals surface area (Å²) < 4.78 is 10.7. The summed E-state index contributed by atoms with van der Waals surface area (Å²) in [6.07, 6.45) is 2.59. The number of carbonyl (C=O) groups is 4. The van der Waals surface area contributed by atoms with E-state index < -0.39 is 23.5 Å². The summed E-state index contributed by atoms with van der Waals surface area (Å²) in [4.78, 5) is 58.3. The third kappa shape index (κ3) is 8.66. The van der Waals surface area contributed by atoms with Crippen molar-refractivity contribution in [1.29, 1.82) is 0 Å². The van der Waals surface area contributed by atoms with Crippen LogP contribution in [0.2, 0.25) is 0 Å². The van der Waals surface area contributed by atoms with Gasteiger partial charge in [-0.15, -0.1) is 11.3 Å². The standard InChI is InChI=1S/C33H38N2O6S/c1-21(14-26(36)18-28-19-34-22(2)42-28)30(37)17-25(15-24-10-12-27(40-4)13-11-24)32(39)35-29(31(38)33(3)20-41-33)16-23-8-6-5-7-9-23/h5-13,19,21,25,29H,14-18,20H2,1-4H3,(H,35,39)/t21-,25?,29?,33-/m1/s1. The molecule has 42 heavy (non-hydrogen) atoms. The predicted molar refractivity (Wildman–Crippen MR) is 161 cm³/mol. The zero-order valence-corrected chi connectivity index (χ0v) is 25.4. The largest absolute Gasteiger partial charge is 0.497 e. The van der Waals surface area contributed by atoms with E-state index in [2.05, 4.69) is 10.3 Å². The minimum atomic E-state index is -0.917. The van der Waals surface area contributed by atoms with Crippen LogP contribution in [0.1, 0.15) is 47.7 Å². The van der Waals surface area contributed by atoms with Gasteiger partial charge >= 0.3 is 0 Å². The van der Waals surface area contributed by atoms with Crippen LogP contribution >= 0.6 is 11.3 Å². The number of hydrogen-bond acceptors (Lipinski definition) is 8. The van der Waals surface area contributed by atoms with Crippen LogP contribution in [0.3, 0.4) is 0 Å². The van der Waals surface area contributed by atoms with Crippen LogP contribution in [0.25, 0.3) is 0 Å². The highest BCUT2D eigenvalue weighted by molar-refractivity contribution is 7.11. The molecule has 1 aromatic heterocycles. The highest BCUT2D eigenvalue weighted by atomic mass is 32.1. The molecule has 1 N–H and O–H groups in total. The summed E-state index contributed by atoms with van der Waals surface area (Å²) in [7, 11) is 1.58. The number of amides is 1. The van der Waals surface area contributed by atoms with Gasteiger partial charge in [0.25, 0.3) is 0 Å². The van der Waals surface area contributed by atoms with Gasteiger partial charge in [0.05, 0.1) is 24.8 Å². The fraction of sp³-hybridized carbons (Fsp3) is 0.424. The number of rotatable bonds is 16. The number of carbonyl (C=O) groups excluding carboxylic acids is 4. The minimum Gasteiger partial charge on any atom is -0.497 e. The first-order valence-corrected chi connectivity index (χ1v) is 15.0. The fourth-order valence-corrected chi connectivity index (χ4v) is 5.75. The molecule has 1 fully saturated rings. The van der Waals surface area contributed by atoms with Crippen molar-refractivity contribution in [1.82, 2.24) is 10.3 Å². The summed E-state index contributed by atoms with van der Waals surface area (Å²) >= 11 is 1.47. The monoisotopic (exact) mass is 590 g/mol. The Balaban J connectivity index is 1.48. The van der Waals surface area contributed by atoms with E-state index in [4.69, 9.17) is 9.47 Å². The number of Topliss-reactive ketones (excluding diaryl/α,β-unsaturated/α-hetero) is 3. The van der Waals surface area contributed by atoms with E-state index in [-0.39, 0.29) is 42.5 Å². The lowest BCUT2D eigenvalue weighted by Crippen LogP contribution is -2.49. The molecule has 4 atom stereocenters. The lowest BCUT2D eigenvalue weighted by molar-refractivity contribution is -0.134. The Morgan fingerprint density at radius 3 is 2.29 bits per heavy atom. The third-order valence-corrected chi connectivity index (χ3v) is 8.51. The molecule has 4 rings (SSSR count). The molecule has 1 aliphatic heterocycles. The SMILES string of the molecule is COc1ccc(CC(CC(=O)[C@H](C)CC(=O)Cc2cnc(C)s2)C(=O)NC(Cc2ccccc2)C(=O)[C@@]2(C)CO2)cc1. The Morgan fingerprint density at radius 2 is 1.69 bits per heavy atom. The first-order chi connectivity index (χ1) is 20.1. The van der Waals surface area contributed by atoms with E-state index >= 15 is 0 Å². The van der Waals surface area contributed by atoms with Crippen molar-refractivity contribution in [2.45, 2.75) is 64.5 Å². The Bertz CT molecular complexity index is 1400. The normalized spacial score (nSPS) is 18.0. The van der Waals surface area contributed by atoms with Gasteiger partial charge in [0.15, 0.2) is 5.78 Å². The number of benzene rings is 2. The summed E-state index contributed by atoms with van der Waals surface area (Å²) in [6, 6.07) is 16.0. The summed E-state index contributed by atoms with van der Waals surface area (Å²) in [5.41, 5.74) is 0.849. The number of epoxide rings is 1. The molecule has 0 saturated carbocycles. The van der Waals surface area contributed by atoms with Crippen LogP contribution in [-0.2, 0) is 43.2 Å². The molecule has 0 radical (unpaired) electrons. The number of aryl methyl sites for hydroxylation is 1. The molecule has 0 aliphatic carbocycles. The zero-order valence-electron chi connectivity index (χ0n) is 24.6. The topological polar surface area (TPSA) is 115 Å². The van der Waals surface area contributed by atoms with Crippen molar-refractivity contribution >= 4 is 34.6 Å². The van der Waals surface area contributed by atoms with Crippen LogP contribution < -0.4 is 10.1 Å². The van der Waals surface area contributed by atoms with Crippen molar-refractivity contribution in [3.63, 3.8) is 0 Å². The first kappa shape index (κ1) is 31.3. The van der Waals surface area contributed by atoms with Crippen molar-refractivity contribution in [3.05, 3.63) is 81.8 Å². The van der Waals surface area contributed by atoms with Crippen molar-refractivity contribution in [2.75, 3.05) is 13.7 Å². The summed E-state index contributed by atoms with van der Waals surface area (Å²) in [5.74, 6) is -1.36. The van der Waals surface area contributed by atoms with Gasteiger partial charge in [-0.3, -0.25) is 19.2 Å². The maximum absolute atomic E-state index is 13.8. The number of ketones is 3. The predicted octanol–water partition coefficient (Wildman–Crippen LogP) is 4.50. The van der Waals surface area contributed by atoms with Crippen LogP contribution in [-0.4, -0.2) is 53.6 Å². The average molecular weight is 591 g/mol. The van der Waals surface area contributed by atoms with E-state index in [0.717, 1.165) is 21.0 Å². The van der Waals surface area contributed by atoms with Gasteiger partial charge in [0.1, 0.15) is 22.9 Å². The second-order valence-electron chi connectivity index (χ2n) is 11.2. The molecule has 0 bridgehead atoms. The van der Waals surface area contributed by atoms with E-state index in [0.29, 0.717) is 25.2 Å². The van der Waals surface area contributed by atoms with Gasteiger partial charge in [0, 0.05) is 42.2 Å². The van der Waals surface area contributed by atoms with Gasteiger partial charge in [-0.25, -0.2) is 4.98 Å². The smallest absolute Gasteiger partial charge is 0.224 e. The molecule has 1 saturated heterocycles. The second-order valence-corrected chi connectivity index (χ2v) is 12.5. The Labute approximate surface area is 250 Å². The number of nitrogens with one attached hydrogen (secondary N) is 1. The van der Waals surface area contributed by atoms with E-state index in [1.165, 1.54) is 11.3 Å². The molecule has 0 spiro atoms. The molecule has 8 nitrogen and oxygen atoms in total. The molecule has 1 amide bonds. The molecule has 2 heterocycles. The Kier molecular flexibility index (Phi) is 10.4. The van der Waals surface area contributed by atoms with Crippen molar-refractivity contribution in [3.8, 4) is 5.75 Å². The highest BCUT2D eigenvalue weighted by Gasteiger charge is 2.50. The fourth-order valence-electron chi connectivity index (χ4n) is 4.92. The molecular weight excluding hydrogens is 552 g/mol. The lowest BCUT2D eigenvalue weighted by Gasteiger charge is -2.24. The highest BCUT2D eigenvalue weighted by Crippen LogP contribution is 2.29. The van der Waals surface area contributed by atoms with Gasteiger partial charge in [-0.05, 0) is 49.9 Å². The van der Waals surface area contributed by atoms with Gasteiger partial charge < -0.3 is 14.8 Å². The molecule has 2 aromatic carbocycles. The van der Waals surface area contributed by atoms with Crippen molar-refractivity contribution in [2.24, 2.45) is 11.8 Å². The minimum absolute atomic E-state index is 0.0399. The molecule has 1 aliphatic rings. The van der Waals surface area contributed by atoms with Gasteiger partial charge in [-0.2, -0.15) is 0 Å². The number of aromatic nitrogens is 1. The maximum Gasteiger partial charge on any atom is 0.224 e. The van der Waals surface area contributed by atoms with Gasteiger partial charge in [-0.1, -0.05) is 49.4 Å². The van der Waals surface area contributed by atoms with Crippen LogP contribution in [0.4, 0.5) is 0 Å². The average Bonchev–Trinajstić information content (AvgIpc) is 3.60. The van der Waals surface area contributed by atoms with Crippen LogP contribution in [0.15, 0.2) is 60.8 Å². The molecule has 9 heteroatoms. The Hall–Kier alpha value is -3.69. The first-order valence-electron chi connectivity index (χ1n) is 14.2. The quantitative estimate of drug-likeness (QED) is 0.244. The van der Waals surface area contributed by atoms with E-state index in [9.17, 15) is 19.2 Å². The molecule has 2 unspecified atom stereocenters. The molecular formula is C33H38N2O6S. The lowest BCUT2D eigenvalue weighted by atomic mass is 9.87. The third-order valence-electron chi connectivity index (χ3n) is 7.60. The number of methoxy groups -OCH3 is 1.